The first kappa shape index (κ1) is 14.2. The van der Waals surface area contributed by atoms with Crippen LogP contribution in [0.4, 0.5) is 0 Å². The van der Waals surface area contributed by atoms with E-state index < -0.39 is 0 Å². The summed E-state index contributed by atoms with van der Waals surface area (Å²) in [5.74, 6) is -0.616. The van der Waals surface area contributed by atoms with Gasteiger partial charge in [0.2, 0.25) is 0 Å². The number of hydrogen-bond donors (Lipinski definition) is 1. The van der Waals surface area contributed by atoms with E-state index in [0.717, 1.165) is 5.56 Å². The predicted molar refractivity (Wildman–Crippen MR) is 79.2 cm³/mol. The van der Waals surface area contributed by atoms with E-state index in [0.29, 0.717) is 13.1 Å². The molecule has 0 saturated heterocycles. The summed E-state index contributed by atoms with van der Waals surface area (Å²) in [7, 11) is 1.68. The molecule has 0 fully saturated rings. The number of aromatic nitrogens is 3. The van der Waals surface area contributed by atoms with Gasteiger partial charge in [0.05, 0.1) is 6.54 Å². The highest BCUT2D eigenvalue weighted by Gasteiger charge is 2.31. The monoisotopic (exact) mass is 299 g/mol. The molecule has 0 unspecified atom stereocenters. The Labute approximate surface area is 127 Å². The van der Waals surface area contributed by atoms with Gasteiger partial charge < -0.3 is 10.2 Å². The molecule has 0 bridgehead atoms. The summed E-state index contributed by atoms with van der Waals surface area (Å²) in [6.45, 7) is 2.85. The van der Waals surface area contributed by atoms with Gasteiger partial charge in [-0.25, -0.2) is 4.68 Å². The molecule has 0 spiro atoms. The van der Waals surface area contributed by atoms with E-state index in [2.05, 4.69) is 15.6 Å². The molecule has 22 heavy (non-hydrogen) atoms. The zero-order chi connectivity index (χ0) is 15.7. The Hall–Kier alpha value is -2.70. The van der Waals surface area contributed by atoms with Crippen LogP contribution in [0.5, 0.6) is 0 Å². The third-order valence-corrected chi connectivity index (χ3v) is 3.59. The van der Waals surface area contributed by atoms with Gasteiger partial charge in [-0.05, 0) is 12.5 Å². The lowest BCUT2D eigenvalue weighted by Gasteiger charge is -2.21. The summed E-state index contributed by atoms with van der Waals surface area (Å²) < 4.78 is 1.49. The van der Waals surface area contributed by atoms with Crippen LogP contribution in [0.2, 0.25) is 0 Å². The van der Waals surface area contributed by atoms with Gasteiger partial charge in [-0.1, -0.05) is 35.5 Å². The van der Waals surface area contributed by atoms with Gasteiger partial charge in [-0.15, -0.1) is 5.10 Å². The average molecular weight is 299 g/mol. The van der Waals surface area contributed by atoms with Gasteiger partial charge in [0.15, 0.2) is 11.4 Å². The van der Waals surface area contributed by atoms with Crippen molar-refractivity contribution in [2.24, 2.45) is 0 Å². The quantitative estimate of drug-likeness (QED) is 0.904. The highest BCUT2D eigenvalue weighted by atomic mass is 16.2. The molecular weight excluding hydrogens is 282 g/mol. The molecule has 7 nitrogen and oxygen atoms in total. The van der Waals surface area contributed by atoms with Crippen molar-refractivity contribution >= 4 is 11.8 Å². The molecule has 0 radical (unpaired) electrons. The molecule has 0 saturated carbocycles. The van der Waals surface area contributed by atoms with Crippen molar-refractivity contribution in [1.82, 2.24) is 25.2 Å². The number of carbonyl (C=O) groups is 2. The van der Waals surface area contributed by atoms with Gasteiger partial charge >= 0.3 is 0 Å². The maximum Gasteiger partial charge on any atom is 0.276 e. The second-order valence-corrected chi connectivity index (χ2v) is 5.49. The molecule has 2 amide bonds. The lowest BCUT2D eigenvalue weighted by atomic mass is 10.1. The third-order valence-electron chi connectivity index (χ3n) is 3.59. The summed E-state index contributed by atoms with van der Waals surface area (Å²) >= 11 is 0. The Balaban J connectivity index is 1.83. The van der Waals surface area contributed by atoms with E-state index in [1.54, 1.807) is 7.05 Å². The standard InChI is InChI=1S/C15H17N5O2/c1-10-8-20-13(14(21)16-10)12(17-18-20)15(22)19(2)9-11-6-4-3-5-7-11/h3-7,10H,8-9H2,1-2H3,(H,16,21)/t10-/m0/s1. The summed E-state index contributed by atoms with van der Waals surface area (Å²) in [4.78, 5) is 26.2. The maximum absolute atomic E-state index is 12.5. The van der Waals surface area contributed by atoms with Crippen LogP contribution in [0, 0.1) is 0 Å². The fourth-order valence-corrected chi connectivity index (χ4v) is 2.52. The van der Waals surface area contributed by atoms with Crippen LogP contribution in [-0.2, 0) is 13.1 Å². The Morgan fingerprint density at radius 1 is 1.41 bits per heavy atom. The fraction of sp³-hybridized carbons (Fsp3) is 0.333. The maximum atomic E-state index is 12.5. The van der Waals surface area contributed by atoms with Gasteiger partial charge in [-0.3, -0.25) is 9.59 Å². The second kappa shape index (κ2) is 5.59. The number of hydrogen-bond acceptors (Lipinski definition) is 4. The van der Waals surface area contributed by atoms with E-state index in [-0.39, 0.29) is 29.2 Å². The van der Waals surface area contributed by atoms with Crippen LogP contribution >= 0.6 is 0 Å². The van der Waals surface area contributed by atoms with Crippen LogP contribution in [-0.4, -0.2) is 44.8 Å². The minimum absolute atomic E-state index is 0.0216. The molecule has 1 atom stereocenters. The van der Waals surface area contributed by atoms with Crippen molar-refractivity contribution < 1.29 is 9.59 Å². The van der Waals surface area contributed by atoms with Crippen LogP contribution in [0.3, 0.4) is 0 Å². The average Bonchev–Trinajstić information content (AvgIpc) is 2.91. The summed E-state index contributed by atoms with van der Waals surface area (Å²) in [5.41, 5.74) is 1.35. The summed E-state index contributed by atoms with van der Waals surface area (Å²) in [5, 5.41) is 10.6. The van der Waals surface area contributed by atoms with Crippen molar-refractivity contribution in [3.8, 4) is 0 Å². The third kappa shape index (κ3) is 2.57. The molecule has 2 heterocycles. The highest BCUT2D eigenvalue weighted by molar-refractivity contribution is 6.05. The Morgan fingerprint density at radius 3 is 2.86 bits per heavy atom. The minimum Gasteiger partial charge on any atom is -0.346 e. The highest BCUT2D eigenvalue weighted by Crippen LogP contribution is 2.14. The fourth-order valence-electron chi connectivity index (χ4n) is 2.52. The topological polar surface area (TPSA) is 80.1 Å². The van der Waals surface area contributed by atoms with E-state index in [1.165, 1.54) is 9.58 Å². The van der Waals surface area contributed by atoms with E-state index in [1.807, 2.05) is 37.3 Å². The first-order valence-corrected chi connectivity index (χ1v) is 7.10. The molecule has 114 valence electrons. The molecule has 1 aliphatic rings. The number of fused-ring (bicyclic) bond motifs is 1. The SMILES string of the molecule is C[C@H]1Cn2nnc(C(=O)N(C)Cc3ccccc3)c2C(=O)N1. The Bertz CT molecular complexity index is 710. The van der Waals surface area contributed by atoms with E-state index >= 15 is 0 Å². The summed E-state index contributed by atoms with van der Waals surface area (Å²) in [6.07, 6.45) is 0. The lowest BCUT2D eigenvalue weighted by Crippen LogP contribution is -2.43. The van der Waals surface area contributed by atoms with Crippen molar-refractivity contribution in [3.05, 3.63) is 47.3 Å². The second-order valence-electron chi connectivity index (χ2n) is 5.49. The lowest BCUT2D eigenvalue weighted by molar-refractivity contribution is 0.0768. The molecular formula is C15H17N5O2. The molecule has 1 aliphatic heterocycles. The van der Waals surface area contributed by atoms with Crippen molar-refractivity contribution in [1.29, 1.82) is 0 Å². The normalized spacial score (nSPS) is 16.8. The Morgan fingerprint density at radius 2 is 2.14 bits per heavy atom. The molecule has 2 aromatic rings. The zero-order valence-electron chi connectivity index (χ0n) is 12.5. The molecule has 0 aliphatic carbocycles. The molecule has 1 aromatic heterocycles. The molecule has 1 N–H and O–H groups in total. The van der Waals surface area contributed by atoms with Gasteiger partial charge in [0.25, 0.3) is 11.8 Å². The van der Waals surface area contributed by atoms with Gasteiger partial charge in [-0.2, -0.15) is 0 Å². The molecule has 3 rings (SSSR count). The van der Waals surface area contributed by atoms with Crippen LogP contribution in [0.25, 0.3) is 0 Å². The summed E-state index contributed by atoms with van der Waals surface area (Å²) in [6, 6.07) is 9.63. The Kier molecular flexibility index (Phi) is 3.62. The molecule has 7 heteroatoms. The largest absolute Gasteiger partial charge is 0.346 e. The van der Waals surface area contributed by atoms with Crippen molar-refractivity contribution in [2.75, 3.05) is 7.05 Å². The minimum atomic E-state index is -0.310. The van der Waals surface area contributed by atoms with Crippen molar-refractivity contribution in [2.45, 2.75) is 26.1 Å². The van der Waals surface area contributed by atoms with E-state index in [9.17, 15) is 9.59 Å². The van der Waals surface area contributed by atoms with Crippen molar-refractivity contribution in [3.63, 3.8) is 0 Å². The van der Waals surface area contributed by atoms with Crippen LogP contribution in [0.1, 0.15) is 33.5 Å². The predicted octanol–water partition coefficient (Wildman–Crippen LogP) is 0.682. The number of carbonyl (C=O) groups excluding carboxylic acids is 2. The first-order valence-electron chi connectivity index (χ1n) is 7.10. The van der Waals surface area contributed by atoms with Crippen LogP contribution in [0.15, 0.2) is 30.3 Å². The number of benzene rings is 1. The van der Waals surface area contributed by atoms with Gasteiger partial charge in [0.1, 0.15) is 0 Å². The number of nitrogens with zero attached hydrogens (tertiary/aromatic N) is 4. The number of rotatable bonds is 3. The molecule has 1 aromatic carbocycles. The number of nitrogens with one attached hydrogen (secondary N) is 1. The van der Waals surface area contributed by atoms with E-state index in [4.69, 9.17) is 0 Å². The number of amides is 2. The van der Waals surface area contributed by atoms with Crippen LogP contribution < -0.4 is 5.32 Å². The smallest absolute Gasteiger partial charge is 0.276 e. The first-order chi connectivity index (χ1) is 10.6. The zero-order valence-corrected chi connectivity index (χ0v) is 12.5. The van der Waals surface area contributed by atoms with Gasteiger partial charge in [0, 0.05) is 19.6 Å².